The maximum Gasteiger partial charge on any atom is 0.184 e. The second-order valence-electron chi connectivity index (χ2n) is 2.29. The number of thiocarbonyl (C=S) groups is 1. The minimum absolute atomic E-state index is 0.0957. The van der Waals surface area contributed by atoms with Crippen molar-refractivity contribution >= 4 is 23.5 Å². The van der Waals surface area contributed by atoms with E-state index in [4.69, 9.17) is 5.73 Å². The maximum absolute atomic E-state index is 12.4. The molecule has 0 aliphatic rings. The van der Waals surface area contributed by atoms with Gasteiger partial charge in [-0.05, 0) is 29.9 Å². The van der Waals surface area contributed by atoms with Crippen molar-refractivity contribution in [2.75, 3.05) is 0 Å². The molecule has 13 heavy (non-hydrogen) atoms. The Morgan fingerprint density at radius 1 is 1.46 bits per heavy atom. The van der Waals surface area contributed by atoms with Crippen LogP contribution in [0.15, 0.2) is 29.4 Å². The molecule has 0 bridgehead atoms. The van der Waals surface area contributed by atoms with Crippen LogP contribution in [0.25, 0.3) is 0 Å². The number of hydrogen-bond donors (Lipinski definition) is 2. The van der Waals surface area contributed by atoms with Crippen LogP contribution in [0.3, 0.4) is 0 Å². The monoisotopic (exact) mass is 197 g/mol. The summed E-state index contributed by atoms with van der Waals surface area (Å²) in [5.41, 5.74) is 8.29. The fourth-order valence-corrected chi connectivity index (χ4v) is 0.772. The van der Waals surface area contributed by atoms with E-state index in [-0.39, 0.29) is 10.9 Å². The minimum atomic E-state index is -0.278. The molecule has 1 rings (SSSR count). The summed E-state index contributed by atoms with van der Waals surface area (Å²) in [6, 6.07) is 5.89. The van der Waals surface area contributed by atoms with Gasteiger partial charge in [0.2, 0.25) is 0 Å². The second kappa shape index (κ2) is 4.51. The first-order chi connectivity index (χ1) is 6.18. The Bertz CT molecular complexity index is 321. The van der Waals surface area contributed by atoms with Crippen LogP contribution >= 0.6 is 12.2 Å². The summed E-state index contributed by atoms with van der Waals surface area (Å²) >= 11 is 4.52. The van der Waals surface area contributed by atoms with Crippen LogP contribution in [0.4, 0.5) is 4.39 Å². The molecule has 3 nitrogen and oxygen atoms in total. The highest BCUT2D eigenvalue weighted by molar-refractivity contribution is 7.80. The standard InChI is InChI=1S/C8H8FN3S/c9-7-3-1-6(2-4-7)5-11-12-8(10)13/h1-5H,(H3,10,12,13)/b11-5+. The van der Waals surface area contributed by atoms with Gasteiger partial charge in [0.1, 0.15) is 5.82 Å². The number of hydrogen-bond acceptors (Lipinski definition) is 2. The lowest BCUT2D eigenvalue weighted by atomic mass is 10.2. The van der Waals surface area contributed by atoms with Crippen molar-refractivity contribution in [1.82, 2.24) is 5.43 Å². The second-order valence-corrected chi connectivity index (χ2v) is 2.73. The van der Waals surface area contributed by atoms with Crippen LogP contribution in [0.2, 0.25) is 0 Å². The van der Waals surface area contributed by atoms with Gasteiger partial charge in [0.05, 0.1) is 6.21 Å². The summed E-state index contributed by atoms with van der Waals surface area (Å²) in [5, 5.41) is 3.80. The van der Waals surface area contributed by atoms with E-state index < -0.39 is 0 Å². The Hall–Kier alpha value is -1.49. The van der Waals surface area contributed by atoms with E-state index in [1.807, 2.05) is 0 Å². The molecule has 0 saturated carbocycles. The summed E-state index contributed by atoms with van der Waals surface area (Å²) in [5.74, 6) is -0.278. The fraction of sp³-hybridized carbons (Fsp3) is 0. The van der Waals surface area contributed by atoms with Crippen LogP contribution in [0.1, 0.15) is 5.56 Å². The zero-order chi connectivity index (χ0) is 9.68. The van der Waals surface area contributed by atoms with Crippen LogP contribution in [0, 0.1) is 5.82 Å². The van der Waals surface area contributed by atoms with E-state index in [0.29, 0.717) is 0 Å². The van der Waals surface area contributed by atoms with Crippen LogP contribution in [-0.4, -0.2) is 11.3 Å². The molecule has 0 aromatic heterocycles. The Balaban J connectivity index is 2.59. The average Bonchev–Trinajstić information content (AvgIpc) is 2.08. The lowest BCUT2D eigenvalue weighted by Gasteiger charge is -1.94. The third kappa shape index (κ3) is 3.62. The van der Waals surface area contributed by atoms with E-state index in [9.17, 15) is 4.39 Å². The summed E-state index contributed by atoms with van der Waals surface area (Å²) < 4.78 is 12.4. The number of benzene rings is 1. The molecule has 3 N–H and O–H groups in total. The molecule has 0 amide bonds. The number of nitrogens with zero attached hydrogens (tertiary/aromatic N) is 1. The van der Waals surface area contributed by atoms with Crippen molar-refractivity contribution in [1.29, 1.82) is 0 Å². The molecule has 0 aliphatic carbocycles. The third-order valence-corrected chi connectivity index (χ3v) is 1.35. The van der Waals surface area contributed by atoms with Crippen LogP contribution in [0.5, 0.6) is 0 Å². The smallest absolute Gasteiger partial charge is 0.184 e. The largest absolute Gasteiger partial charge is 0.375 e. The van der Waals surface area contributed by atoms with Gasteiger partial charge in [-0.25, -0.2) is 4.39 Å². The third-order valence-electron chi connectivity index (χ3n) is 1.26. The number of nitrogens with two attached hydrogens (primary N) is 1. The Morgan fingerprint density at radius 3 is 2.62 bits per heavy atom. The molecule has 0 fully saturated rings. The normalized spacial score (nSPS) is 10.2. The summed E-state index contributed by atoms with van der Waals surface area (Å²) in [4.78, 5) is 0. The molecule has 0 heterocycles. The summed E-state index contributed by atoms with van der Waals surface area (Å²) in [6.45, 7) is 0. The maximum atomic E-state index is 12.4. The van der Waals surface area contributed by atoms with E-state index >= 15 is 0 Å². The molecule has 0 aliphatic heterocycles. The molecular weight excluding hydrogens is 189 g/mol. The Morgan fingerprint density at radius 2 is 2.08 bits per heavy atom. The van der Waals surface area contributed by atoms with Crippen LogP contribution < -0.4 is 11.2 Å². The van der Waals surface area contributed by atoms with Gasteiger partial charge in [0.15, 0.2) is 5.11 Å². The molecule has 1 aromatic rings. The van der Waals surface area contributed by atoms with Gasteiger partial charge in [0.25, 0.3) is 0 Å². The van der Waals surface area contributed by atoms with Gasteiger partial charge in [-0.15, -0.1) is 0 Å². The topological polar surface area (TPSA) is 50.4 Å². The molecule has 5 heteroatoms. The zero-order valence-electron chi connectivity index (χ0n) is 6.70. The van der Waals surface area contributed by atoms with Gasteiger partial charge in [-0.3, -0.25) is 5.43 Å². The van der Waals surface area contributed by atoms with Gasteiger partial charge >= 0.3 is 0 Å². The molecule has 68 valence electrons. The molecule has 0 saturated heterocycles. The first-order valence-corrected chi connectivity index (χ1v) is 3.93. The van der Waals surface area contributed by atoms with Gasteiger partial charge in [-0.2, -0.15) is 5.10 Å². The Labute approximate surface area is 80.4 Å². The fourth-order valence-electron chi connectivity index (χ4n) is 0.719. The quantitative estimate of drug-likeness (QED) is 0.422. The molecule has 0 radical (unpaired) electrons. The lowest BCUT2D eigenvalue weighted by molar-refractivity contribution is 0.628. The average molecular weight is 197 g/mol. The van der Waals surface area contributed by atoms with Gasteiger partial charge in [0, 0.05) is 0 Å². The van der Waals surface area contributed by atoms with Crippen molar-refractivity contribution in [2.24, 2.45) is 10.8 Å². The lowest BCUT2D eigenvalue weighted by Crippen LogP contribution is -2.23. The SMILES string of the molecule is NC(=S)N/N=C/c1ccc(F)cc1. The van der Waals surface area contributed by atoms with E-state index in [1.165, 1.54) is 18.3 Å². The van der Waals surface area contributed by atoms with E-state index in [1.54, 1.807) is 12.1 Å². The van der Waals surface area contributed by atoms with Crippen LogP contribution in [-0.2, 0) is 0 Å². The van der Waals surface area contributed by atoms with Crippen molar-refractivity contribution in [2.45, 2.75) is 0 Å². The zero-order valence-corrected chi connectivity index (χ0v) is 7.51. The predicted molar refractivity (Wildman–Crippen MR) is 53.9 cm³/mol. The molecule has 0 atom stereocenters. The Kier molecular flexibility index (Phi) is 3.33. The van der Waals surface area contributed by atoms with Crippen molar-refractivity contribution in [3.63, 3.8) is 0 Å². The first-order valence-electron chi connectivity index (χ1n) is 3.52. The van der Waals surface area contributed by atoms with Gasteiger partial charge < -0.3 is 5.73 Å². The van der Waals surface area contributed by atoms with Gasteiger partial charge in [-0.1, -0.05) is 12.1 Å². The molecule has 0 unspecified atom stereocenters. The predicted octanol–water partition coefficient (Wildman–Crippen LogP) is 0.993. The van der Waals surface area contributed by atoms with Crippen molar-refractivity contribution in [3.05, 3.63) is 35.6 Å². The van der Waals surface area contributed by atoms with Crippen molar-refractivity contribution in [3.8, 4) is 0 Å². The highest BCUT2D eigenvalue weighted by Crippen LogP contribution is 1.99. The number of hydrazone groups is 1. The minimum Gasteiger partial charge on any atom is -0.375 e. The molecular formula is C8H8FN3S. The van der Waals surface area contributed by atoms with E-state index in [2.05, 4.69) is 22.7 Å². The number of halogens is 1. The molecule has 1 aromatic carbocycles. The summed E-state index contributed by atoms with van der Waals surface area (Å²) in [6.07, 6.45) is 1.50. The van der Waals surface area contributed by atoms with Crippen molar-refractivity contribution < 1.29 is 4.39 Å². The van der Waals surface area contributed by atoms with E-state index in [0.717, 1.165) is 5.56 Å². The highest BCUT2D eigenvalue weighted by atomic mass is 32.1. The first kappa shape index (κ1) is 9.60. The number of rotatable bonds is 2. The highest BCUT2D eigenvalue weighted by Gasteiger charge is 1.88. The summed E-state index contributed by atoms with van der Waals surface area (Å²) in [7, 11) is 0. The number of nitrogens with one attached hydrogen (secondary N) is 1. The molecule has 0 spiro atoms.